The topological polar surface area (TPSA) is 32.3 Å². The average Bonchev–Trinajstić information content (AvgIpc) is 2.74. The Bertz CT molecular complexity index is 463. The van der Waals surface area contributed by atoms with Gasteiger partial charge in [-0.25, -0.2) is 0 Å². The molecule has 1 amide bonds. The summed E-state index contributed by atoms with van der Waals surface area (Å²) in [5.74, 6) is -2.43. The Morgan fingerprint density at radius 1 is 1.19 bits per heavy atom. The molecule has 3 nitrogen and oxygen atoms in total. The first-order chi connectivity index (χ1) is 10.2. The molecule has 1 heterocycles. The fraction of sp³-hybridized carbons (Fsp3) is 0.533. The number of rotatable bonds is 5. The summed E-state index contributed by atoms with van der Waals surface area (Å²) in [5.41, 5.74) is 0.589. The number of halogens is 2. The number of carbonyl (C=O) groups excluding carboxylic acids is 1. The van der Waals surface area contributed by atoms with E-state index in [2.05, 4.69) is 5.32 Å². The molecule has 1 fully saturated rings. The van der Waals surface area contributed by atoms with Crippen molar-refractivity contribution in [2.75, 3.05) is 25.0 Å². The largest absolute Gasteiger partial charge is 0.375 e. The van der Waals surface area contributed by atoms with Crippen LogP contribution in [-0.4, -0.2) is 36.2 Å². The van der Waals surface area contributed by atoms with Gasteiger partial charge in [0, 0.05) is 23.7 Å². The molecule has 2 rings (SSSR count). The van der Waals surface area contributed by atoms with Gasteiger partial charge in [0.25, 0.3) is 5.76 Å². The molecule has 0 bridgehead atoms. The van der Waals surface area contributed by atoms with Crippen LogP contribution in [-0.2, 0) is 4.79 Å². The number of anilines is 1. The molecule has 1 aliphatic rings. The fourth-order valence-corrected chi connectivity index (χ4v) is 3.03. The van der Waals surface area contributed by atoms with Crippen molar-refractivity contribution in [2.24, 2.45) is 0 Å². The highest BCUT2D eigenvalue weighted by atomic mass is 32.2. The maximum atomic E-state index is 12.5. The molecule has 0 aromatic heterocycles. The molecule has 0 atom stereocenters. The summed E-state index contributed by atoms with van der Waals surface area (Å²) in [6.45, 7) is 1.75. The van der Waals surface area contributed by atoms with Crippen molar-refractivity contribution in [3.05, 3.63) is 24.3 Å². The monoisotopic (exact) mass is 314 g/mol. The molecule has 116 valence electrons. The van der Waals surface area contributed by atoms with Crippen LogP contribution in [0.1, 0.15) is 25.7 Å². The van der Waals surface area contributed by atoms with Crippen molar-refractivity contribution in [3.8, 4) is 0 Å². The van der Waals surface area contributed by atoms with Gasteiger partial charge in [0.2, 0.25) is 5.91 Å². The molecule has 1 N–H and O–H groups in total. The summed E-state index contributed by atoms with van der Waals surface area (Å²) < 4.78 is 25.0. The smallest absolute Gasteiger partial charge is 0.288 e. The summed E-state index contributed by atoms with van der Waals surface area (Å²) in [4.78, 5) is 14.5. The highest BCUT2D eigenvalue weighted by molar-refractivity contribution is 7.99. The number of carbonyl (C=O) groups is 1. The summed E-state index contributed by atoms with van der Waals surface area (Å²) in [7, 11) is 0. The Morgan fingerprint density at radius 3 is 2.52 bits per heavy atom. The Morgan fingerprint density at radius 2 is 1.86 bits per heavy atom. The van der Waals surface area contributed by atoms with E-state index in [1.807, 2.05) is 4.90 Å². The first-order valence-corrected chi connectivity index (χ1v) is 8.10. The second-order valence-electron chi connectivity index (χ2n) is 5.02. The van der Waals surface area contributed by atoms with Crippen LogP contribution in [0.15, 0.2) is 29.2 Å². The number of para-hydroxylation sites is 1. The van der Waals surface area contributed by atoms with Crippen LogP contribution in [0.5, 0.6) is 0 Å². The molecule has 0 unspecified atom stereocenters. The zero-order valence-corrected chi connectivity index (χ0v) is 12.7. The predicted molar refractivity (Wildman–Crippen MR) is 81.8 cm³/mol. The van der Waals surface area contributed by atoms with Crippen LogP contribution in [0.25, 0.3) is 0 Å². The van der Waals surface area contributed by atoms with Gasteiger partial charge in [-0.05, 0) is 25.0 Å². The van der Waals surface area contributed by atoms with Gasteiger partial charge in [0.1, 0.15) is 0 Å². The van der Waals surface area contributed by atoms with Crippen LogP contribution < -0.4 is 5.32 Å². The van der Waals surface area contributed by atoms with Crippen LogP contribution in [0.4, 0.5) is 14.5 Å². The molecule has 0 aliphatic carbocycles. The Labute approximate surface area is 128 Å². The number of benzene rings is 1. The van der Waals surface area contributed by atoms with Gasteiger partial charge >= 0.3 is 0 Å². The van der Waals surface area contributed by atoms with Crippen molar-refractivity contribution in [2.45, 2.75) is 36.3 Å². The minimum absolute atomic E-state index is 0.0359. The van der Waals surface area contributed by atoms with Crippen LogP contribution in [0.2, 0.25) is 0 Å². The second-order valence-corrected chi connectivity index (χ2v) is 6.06. The first-order valence-electron chi connectivity index (χ1n) is 7.22. The molecule has 21 heavy (non-hydrogen) atoms. The van der Waals surface area contributed by atoms with Gasteiger partial charge < -0.3 is 10.2 Å². The normalized spacial score (nSPS) is 15.9. The molecule has 0 saturated carbocycles. The predicted octanol–water partition coefficient (Wildman–Crippen LogP) is 3.82. The second kappa shape index (κ2) is 8.22. The molecule has 1 aromatic carbocycles. The van der Waals surface area contributed by atoms with E-state index in [9.17, 15) is 13.6 Å². The van der Waals surface area contributed by atoms with E-state index in [4.69, 9.17) is 0 Å². The fourth-order valence-electron chi connectivity index (χ4n) is 2.41. The SMILES string of the molecule is O=C(CNc1ccccc1SC(F)F)N1CCCCCC1. The van der Waals surface area contributed by atoms with Gasteiger partial charge in [-0.15, -0.1) is 0 Å². The van der Waals surface area contributed by atoms with Crippen LogP contribution >= 0.6 is 11.8 Å². The van der Waals surface area contributed by atoms with Gasteiger partial charge in [0.05, 0.1) is 6.54 Å². The lowest BCUT2D eigenvalue weighted by molar-refractivity contribution is -0.129. The molecule has 0 spiro atoms. The Hall–Kier alpha value is -1.30. The Kier molecular flexibility index (Phi) is 6.29. The van der Waals surface area contributed by atoms with Crippen molar-refractivity contribution >= 4 is 23.4 Å². The number of hydrogen-bond donors (Lipinski definition) is 1. The van der Waals surface area contributed by atoms with E-state index in [0.717, 1.165) is 25.9 Å². The van der Waals surface area contributed by atoms with E-state index in [1.54, 1.807) is 24.3 Å². The number of alkyl halides is 2. The minimum Gasteiger partial charge on any atom is -0.375 e. The first kappa shape index (κ1) is 16.1. The Balaban J connectivity index is 1.91. The van der Waals surface area contributed by atoms with Crippen LogP contribution in [0, 0.1) is 0 Å². The zero-order chi connectivity index (χ0) is 15.1. The van der Waals surface area contributed by atoms with Crippen molar-refractivity contribution in [1.82, 2.24) is 4.90 Å². The number of thioether (sulfide) groups is 1. The summed E-state index contributed by atoms with van der Waals surface area (Å²) in [6.07, 6.45) is 4.43. The lowest BCUT2D eigenvalue weighted by Gasteiger charge is -2.21. The molecular weight excluding hydrogens is 294 g/mol. The summed E-state index contributed by atoms with van der Waals surface area (Å²) in [6, 6.07) is 6.84. The molecule has 1 aliphatic heterocycles. The van der Waals surface area contributed by atoms with E-state index in [-0.39, 0.29) is 12.5 Å². The zero-order valence-electron chi connectivity index (χ0n) is 11.9. The van der Waals surface area contributed by atoms with Gasteiger partial charge in [-0.1, -0.05) is 36.7 Å². The third-order valence-electron chi connectivity index (χ3n) is 3.49. The van der Waals surface area contributed by atoms with Crippen molar-refractivity contribution in [1.29, 1.82) is 0 Å². The highest BCUT2D eigenvalue weighted by Crippen LogP contribution is 2.31. The third kappa shape index (κ3) is 5.19. The summed E-state index contributed by atoms with van der Waals surface area (Å²) in [5, 5.41) is 2.99. The quantitative estimate of drug-likeness (QED) is 0.839. The minimum atomic E-state index is -2.46. The maximum Gasteiger partial charge on any atom is 0.288 e. The molecule has 0 radical (unpaired) electrons. The lowest BCUT2D eigenvalue weighted by atomic mass is 10.2. The summed E-state index contributed by atoms with van der Waals surface area (Å²) >= 11 is 0.495. The number of nitrogens with one attached hydrogen (secondary N) is 1. The number of hydrogen-bond acceptors (Lipinski definition) is 3. The van der Waals surface area contributed by atoms with Gasteiger partial charge in [0.15, 0.2) is 0 Å². The van der Waals surface area contributed by atoms with Gasteiger partial charge in [-0.2, -0.15) is 8.78 Å². The highest BCUT2D eigenvalue weighted by Gasteiger charge is 2.16. The average molecular weight is 314 g/mol. The van der Waals surface area contributed by atoms with E-state index in [1.165, 1.54) is 12.8 Å². The molecule has 1 aromatic rings. The maximum absolute atomic E-state index is 12.5. The van der Waals surface area contributed by atoms with E-state index < -0.39 is 5.76 Å². The molecule has 1 saturated heterocycles. The number of amides is 1. The third-order valence-corrected chi connectivity index (χ3v) is 4.28. The van der Waals surface area contributed by atoms with Gasteiger partial charge in [-0.3, -0.25) is 4.79 Å². The number of nitrogens with zero attached hydrogens (tertiary/aromatic N) is 1. The number of likely N-dealkylation sites (tertiary alicyclic amines) is 1. The van der Waals surface area contributed by atoms with Crippen molar-refractivity contribution in [3.63, 3.8) is 0 Å². The van der Waals surface area contributed by atoms with Crippen LogP contribution in [0.3, 0.4) is 0 Å². The molecule has 6 heteroatoms. The van der Waals surface area contributed by atoms with E-state index >= 15 is 0 Å². The lowest BCUT2D eigenvalue weighted by Crippen LogP contribution is -2.36. The standard InChI is InChI=1S/C15H20F2N2OS/c16-15(17)21-13-8-4-3-7-12(13)18-11-14(20)19-9-5-1-2-6-10-19/h3-4,7-8,15,18H,1-2,5-6,9-11H2. The molecular formula is C15H20F2N2OS. The van der Waals surface area contributed by atoms with Crippen molar-refractivity contribution < 1.29 is 13.6 Å². The van der Waals surface area contributed by atoms with E-state index in [0.29, 0.717) is 22.3 Å².